The predicted molar refractivity (Wildman–Crippen MR) is 61.9 cm³/mol. The number of nitro benzene ring substituents is 1. The monoisotopic (exact) mass is 241 g/mol. The highest BCUT2D eigenvalue weighted by molar-refractivity contribution is 7.98. The Hall–Kier alpha value is -1.56. The molecule has 0 bridgehead atoms. The van der Waals surface area contributed by atoms with Gasteiger partial charge in [0.2, 0.25) is 0 Å². The first-order chi connectivity index (χ1) is 7.57. The van der Waals surface area contributed by atoms with Crippen LogP contribution in [0.25, 0.3) is 0 Å². The highest BCUT2D eigenvalue weighted by atomic mass is 32.2. The zero-order valence-corrected chi connectivity index (χ0v) is 9.49. The molecule has 0 fully saturated rings. The Morgan fingerprint density at radius 3 is 2.75 bits per heavy atom. The van der Waals surface area contributed by atoms with Crippen LogP contribution in [0, 0.1) is 10.1 Å². The summed E-state index contributed by atoms with van der Waals surface area (Å²) in [6.45, 7) is 1.95. The molecule has 6 heteroatoms. The van der Waals surface area contributed by atoms with Gasteiger partial charge in [0.1, 0.15) is 5.56 Å². The Kier molecular flexibility index (Phi) is 4.30. The van der Waals surface area contributed by atoms with E-state index in [0.29, 0.717) is 11.3 Å². The predicted octanol–water partition coefficient (Wildman–Crippen LogP) is 2.55. The second kappa shape index (κ2) is 5.50. The average molecular weight is 241 g/mol. The number of benzene rings is 1. The Balaban J connectivity index is 3.21. The molecule has 0 spiro atoms. The maximum atomic E-state index is 11.0. The fourth-order valence-corrected chi connectivity index (χ4v) is 1.98. The van der Waals surface area contributed by atoms with Crippen LogP contribution >= 0.6 is 11.8 Å². The highest BCUT2D eigenvalue weighted by Crippen LogP contribution is 2.25. The number of carbonyl (C=O) groups is 1. The second-order valence-electron chi connectivity index (χ2n) is 3.01. The van der Waals surface area contributed by atoms with Gasteiger partial charge in [0.25, 0.3) is 5.69 Å². The molecular formula is C10H11NO4S. The average Bonchev–Trinajstić information content (AvgIpc) is 2.25. The molecule has 86 valence electrons. The first-order valence-corrected chi connectivity index (χ1v) is 5.80. The summed E-state index contributed by atoms with van der Waals surface area (Å²) in [6.07, 6.45) is 0. The Morgan fingerprint density at radius 2 is 2.25 bits per heavy atom. The minimum Gasteiger partial charge on any atom is -0.477 e. The topological polar surface area (TPSA) is 80.4 Å². The molecule has 0 aliphatic carbocycles. The molecule has 0 saturated heterocycles. The largest absolute Gasteiger partial charge is 0.477 e. The third-order valence-electron chi connectivity index (χ3n) is 2.00. The Morgan fingerprint density at radius 1 is 1.56 bits per heavy atom. The van der Waals surface area contributed by atoms with Crippen LogP contribution in [0.4, 0.5) is 5.69 Å². The third-order valence-corrected chi connectivity index (χ3v) is 2.92. The molecule has 1 rings (SSSR count). The van der Waals surface area contributed by atoms with E-state index in [9.17, 15) is 14.9 Å². The molecule has 0 heterocycles. The van der Waals surface area contributed by atoms with Gasteiger partial charge in [-0.05, 0) is 11.3 Å². The van der Waals surface area contributed by atoms with Gasteiger partial charge in [-0.3, -0.25) is 10.1 Å². The number of rotatable bonds is 5. The van der Waals surface area contributed by atoms with Crippen LogP contribution in [0.2, 0.25) is 0 Å². The van der Waals surface area contributed by atoms with Crippen molar-refractivity contribution < 1.29 is 14.8 Å². The van der Waals surface area contributed by atoms with Crippen molar-refractivity contribution in [2.75, 3.05) is 5.75 Å². The van der Waals surface area contributed by atoms with Crippen molar-refractivity contribution in [3.05, 3.63) is 39.4 Å². The molecule has 0 amide bonds. The fourth-order valence-electron chi connectivity index (χ4n) is 1.32. The number of carboxylic acids is 1. The third kappa shape index (κ3) is 2.73. The molecule has 0 aliphatic rings. The van der Waals surface area contributed by atoms with E-state index in [0.717, 1.165) is 5.75 Å². The lowest BCUT2D eigenvalue weighted by molar-refractivity contribution is -0.385. The summed E-state index contributed by atoms with van der Waals surface area (Å²) in [6, 6.07) is 4.33. The SMILES string of the molecule is CCSCc1cccc([N+](=O)[O-])c1C(=O)O. The van der Waals surface area contributed by atoms with Crippen LogP contribution < -0.4 is 0 Å². The van der Waals surface area contributed by atoms with Crippen molar-refractivity contribution in [1.29, 1.82) is 0 Å². The van der Waals surface area contributed by atoms with Gasteiger partial charge in [-0.2, -0.15) is 11.8 Å². The van der Waals surface area contributed by atoms with E-state index in [1.807, 2.05) is 6.92 Å². The molecule has 16 heavy (non-hydrogen) atoms. The van der Waals surface area contributed by atoms with Gasteiger partial charge >= 0.3 is 5.97 Å². The van der Waals surface area contributed by atoms with Crippen molar-refractivity contribution in [3.8, 4) is 0 Å². The standard InChI is InChI=1S/C10H11NO4S/c1-2-16-6-7-4-3-5-8(11(14)15)9(7)10(12)13/h3-5H,2,6H2,1H3,(H,12,13). The van der Waals surface area contributed by atoms with Crippen LogP contribution in [0.15, 0.2) is 18.2 Å². The molecule has 1 aromatic rings. The second-order valence-corrected chi connectivity index (χ2v) is 4.28. The molecule has 0 aromatic heterocycles. The van der Waals surface area contributed by atoms with Crippen LogP contribution in [0.5, 0.6) is 0 Å². The number of hydrogen-bond donors (Lipinski definition) is 1. The summed E-state index contributed by atoms with van der Waals surface area (Å²) in [5, 5.41) is 19.7. The van der Waals surface area contributed by atoms with Crippen LogP contribution in [0.3, 0.4) is 0 Å². The molecule has 0 radical (unpaired) electrons. The summed E-state index contributed by atoms with van der Waals surface area (Å²) in [5.74, 6) is 0.0562. The zero-order chi connectivity index (χ0) is 12.1. The van der Waals surface area contributed by atoms with E-state index >= 15 is 0 Å². The van der Waals surface area contributed by atoms with E-state index in [-0.39, 0.29) is 11.3 Å². The first kappa shape index (κ1) is 12.5. The molecule has 0 aliphatic heterocycles. The van der Waals surface area contributed by atoms with Crippen LogP contribution in [-0.2, 0) is 5.75 Å². The van der Waals surface area contributed by atoms with E-state index in [4.69, 9.17) is 5.11 Å². The van der Waals surface area contributed by atoms with Gasteiger partial charge in [0.15, 0.2) is 0 Å². The summed E-state index contributed by atoms with van der Waals surface area (Å²) < 4.78 is 0. The van der Waals surface area contributed by atoms with E-state index in [1.165, 1.54) is 23.9 Å². The van der Waals surface area contributed by atoms with Gasteiger partial charge in [-0.1, -0.05) is 19.1 Å². The molecule has 5 nitrogen and oxygen atoms in total. The summed E-state index contributed by atoms with van der Waals surface area (Å²) in [7, 11) is 0. The Labute approximate surface area is 96.6 Å². The summed E-state index contributed by atoms with van der Waals surface area (Å²) in [5.41, 5.74) is -0.0521. The van der Waals surface area contributed by atoms with Crippen LogP contribution in [0.1, 0.15) is 22.8 Å². The van der Waals surface area contributed by atoms with Crippen molar-refractivity contribution >= 4 is 23.4 Å². The molecular weight excluding hydrogens is 230 g/mol. The van der Waals surface area contributed by atoms with Crippen molar-refractivity contribution in [2.45, 2.75) is 12.7 Å². The molecule has 1 N–H and O–H groups in total. The minimum absolute atomic E-state index is 0.201. The lowest BCUT2D eigenvalue weighted by Gasteiger charge is -2.05. The normalized spacial score (nSPS) is 10.1. The van der Waals surface area contributed by atoms with E-state index in [2.05, 4.69) is 0 Å². The van der Waals surface area contributed by atoms with Gasteiger partial charge in [-0.25, -0.2) is 4.79 Å². The Bertz CT molecular complexity index is 419. The van der Waals surface area contributed by atoms with Crippen molar-refractivity contribution in [1.82, 2.24) is 0 Å². The first-order valence-electron chi connectivity index (χ1n) is 4.65. The summed E-state index contributed by atoms with van der Waals surface area (Å²) >= 11 is 1.53. The maximum absolute atomic E-state index is 11.0. The molecule has 0 saturated carbocycles. The van der Waals surface area contributed by atoms with Gasteiger partial charge in [0, 0.05) is 11.8 Å². The quantitative estimate of drug-likeness (QED) is 0.633. The van der Waals surface area contributed by atoms with Gasteiger partial charge in [-0.15, -0.1) is 0 Å². The van der Waals surface area contributed by atoms with Gasteiger partial charge < -0.3 is 5.11 Å². The number of nitrogens with zero attached hydrogens (tertiary/aromatic N) is 1. The van der Waals surface area contributed by atoms with E-state index in [1.54, 1.807) is 6.07 Å². The number of aromatic carboxylic acids is 1. The maximum Gasteiger partial charge on any atom is 0.343 e. The molecule has 0 unspecified atom stereocenters. The lowest BCUT2D eigenvalue weighted by atomic mass is 10.1. The van der Waals surface area contributed by atoms with Crippen LogP contribution in [-0.4, -0.2) is 21.8 Å². The van der Waals surface area contributed by atoms with Gasteiger partial charge in [0.05, 0.1) is 4.92 Å². The number of nitro groups is 1. The molecule has 1 aromatic carbocycles. The summed E-state index contributed by atoms with van der Waals surface area (Å²) in [4.78, 5) is 21.0. The zero-order valence-electron chi connectivity index (χ0n) is 8.67. The number of thioether (sulfide) groups is 1. The number of carboxylic acid groups (broad SMARTS) is 1. The van der Waals surface area contributed by atoms with E-state index < -0.39 is 10.9 Å². The minimum atomic E-state index is -1.25. The molecule has 0 atom stereocenters. The lowest BCUT2D eigenvalue weighted by Crippen LogP contribution is -2.06. The van der Waals surface area contributed by atoms with Crippen molar-refractivity contribution in [2.24, 2.45) is 0 Å². The smallest absolute Gasteiger partial charge is 0.343 e. The highest BCUT2D eigenvalue weighted by Gasteiger charge is 2.22. The fraction of sp³-hybridized carbons (Fsp3) is 0.300. The van der Waals surface area contributed by atoms with Crippen molar-refractivity contribution in [3.63, 3.8) is 0 Å². The number of hydrogen-bond acceptors (Lipinski definition) is 4.